The summed E-state index contributed by atoms with van der Waals surface area (Å²) in [6.45, 7) is 4.05. The van der Waals surface area contributed by atoms with Gasteiger partial charge in [-0.3, -0.25) is 13.9 Å². The molecule has 0 aliphatic rings. The van der Waals surface area contributed by atoms with Crippen molar-refractivity contribution in [2.45, 2.75) is 26.4 Å². The summed E-state index contributed by atoms with van der Waals surface area (Å²) in [5, 5.41) is 5.86. The van der Waals surface area contributed by atoms with Crippen LogP contribution in [0.5, 0.6) is 0 Å². The fourth-order valence-corrected chi connectivity index (χ4v) is 2.42. The molecule has 6 nitrogen and oxygen atoms in total. The molecule has 0 radical (unpaired) electrons. The van der Waals surface area contributed by atoms with Crippen LogP contribution in [0.25, 0.3) is 11.0 Å². The van der Waals surface area contributed by atoms with E-state index in [9.17, 15) is 9.59 Å². The van der Waals surface area contributed by atoms with Crippen molar-refractivity contribution in [1.29, 1.82) is 0 Å². The summed E-state index contributed by atoms with van der Waals surface area (Å²) in [7, 11) is 1.88. The molecular weight excluding hydrogens is 304 g/mol. The van der Waals surface area contributed by atoms with Gasteiger partial charge in [0.15, 0.2) is 0 Å². The van der Waals surface area contributed by atoms with Gasteiger partial charge in [0.25, 0.3) is 0 Å². The number of carbonyl (C=O) groups excluding carboxylic acids is 1. The monoisotopic (exact) mass is 326 g/mol. The van der Waals surface area contributed by atoms with Crippen molar-refractivity contribution in [2.75, 3.05) is 20.1 Å². The molecular formula is C15H23ClN4O2. The van der Waals surface area contributed by atoms with Crippen LogP contribution in [0, 0.1) is 0 Å². The fraction of sp³-hybridized carbons (Fsp3) is 0.467. The van der Waals surface area contributed by atoms with E-state index >= 15 is 0 Å². The van der Waals surface area contributed by atoms with Crippen molar-refractivity contribution in [1.82, 2.24) is 19.8 Å². The van der Waals surface area contributed by atoms with Gasteiger partial charge in [0.2, 0.25) is 5.91 Å². The zero-order valence-corrected chi connectivity index (χ0v) is 13.8. The number of carbonyl (C=O) groups is 1. The molecule has 1 aromatic carbocycles. The van der Waals surface area contributed by atoms with Crippen molar-refractivity contribution in [3.8, 4) is 0 Å². The van der Waals surface area contributed by atoms with E-state index in [2.05, 4.69) is 10.6 Å². The molecule has 1 aromatic heterocycles. The summed E-state index contributed by atoms with van der Waals surface area (Å²) in [5.41, 5.74) is 1.53. The quantitative estimate of drug-likeness (QED) is 0.745. The van der Waals surface area contributed by atoms with Crippen molar-refractivity contribution in [3.05, 3.63) is 34.7 Å². The SMILES string of the molecule is CCn1c(=O)n(CC(=O)NCCCNC)c2ccccc21.Cl. The molecule has 0 fully saturated rings. The Morgan fingerprint density at radius 1 is 1.14 bits per heavy atom. The van der Waals surface area contributed by atoms with Gasteiger partial charge in [-0.2, -0.15) is 0 Å². The minimum Gasteiger partial charge on any atom is -0.354 e. The highest BCUT2D eigenvalue weighted by atomic mass is 35.5. The Morgan fingerprint density at radius 2 is 1.77 bits per heavy atom. The maximum atomic E-state index is 12.4. The van der Waals surface area contributed by atoms with Crippen LogP contribution in [0.4, 0.5) is 0 Å². The lowest BCUT2D eigenvalue weighted by Crippen LogP contribution is -2.34. The zero-order valence-electron chi connectivity index (χ0n) is 13.0. The number of hydrogen-bond donors (Lipinski definition) is 2. The van der Waals surface area contributed by atoms with E-state index in [1.807, 2.05) is 38.2 Å². The number of para-hydroxylation sites is 2. The average molecular weight is 327 g/mol. The van der Waals surface area contributed by atoms with Crippen LogP contribution in [-0.2, 0) is 17.9 Å². The van der Waals surface area contributed by atoms with Crippen molar-refractivity contribution >= 4 is 29.3 Å². The smallest absolute Gasteiger partial charge is 0.329 e. The van der Waals surface area contributed by atoms with Gasteiger partial charge < -0.3 is 10.6 Å². The fourth-order valence-electron chi connectivity index (χ4n) is 2.42. The molecule has 2 aromatic rings. The highest BCUT2D eigenvalue weighted by molar-refractivity contribution is 5.85. The highest BCUT2D eigenvalue weighted by Crippen LogP contribution is 2.12. The van der Waals surface area contributed by atoms with Crippen LogP contribution in [-0.4, -0.2) is 35.2 Å². The van der Waals surface area contributed by atoms with Crippen molar-refractivity contribution in [3.63, 3.8) is 0 Å². The molecule has 122 valence electrons. The third-order valence-corrected chi connectivity index (χ3v) is 3.47. The molecule has 0 saturated heterocycles. The number of aryl methyl sites for hydroxylation is 1. The first kappa shape index (κ1) is 18.3. The van der Waals surface area contributed by atoms with E-state index in [1.54, 1.807) is 4.57 Å². The number of imidazole rings is 1. The van der Waals surface area contributed by atoms with Crippen molar-refractivity contribution in [2.24, 2.45) is 0 Å². The molecule has 2 N–H and O–H groups in total. The molecule has 1 amide bonds. The molecule has 0 saturated carbocycles. The van der Waals surface area contributed by atoms with E-state index in [1.165, 1.54) is 4.57 Å². The number of halogens is 1. The number of nitrogens with one attached hydrogen (secondary N) is 2. The van der Waals surface area contributed by atoms with E-state index in [0.29, 0.717) is 13.1 Å². The van der Waals surface area contributed by atoms with Gasteiger partial charge in [-0.05, 0) is 39.1 Å². The predicted octanol–water partition coefficient (Wildman–Crippen LogP) is 0.970. The number of rotatable bonds is 7. The Bertz CT molecular complexity index is 678. The predicted molar refractivity (Wildman–Crippen MR) is 90.7 cm³/mol. The van der Waals surface area contributed by atoms with Crippen LogP contribution in [0.15, 0.2) is 29.1 Å². The molecule has 2 rings (SSSR count). The average Bonchev–Trinajstić information content (AvgIpc) is 2.76. The van der Waals surface area contributed by atoms with Crippen molar-refractivity contribution < 1.29 is 4.79 Å². The molecule has 22 heavy (non-hydrogen) atoms. The second kappa shape index (κ2) is 8.60. The molecule has 0 atom stereocenters. The second-order valence-corrected chi connectivity index (χ2v) is 4.91. The topological polar surface area (TPSA) is 68.1 Å². The molecule has 0 unspecified atom stereocenters. The third-order valence-electron chi connectivity index (χ3n) is 3.47. The maximum absolute atomic E-state index is 12.4. The van der Waals surface area contributed by atoms with Crippen LogP contribution in [0.3, 0.4) is 0 Å². The van der Waals surface area contributed by atoms with Crippen LogP contribution >= 0.6 is 12.4 Å². The van der Waals surface area contributed by atoms with E-state index in [0.717, 1.165) is 24.0 Å². The van der Waals surface area contributed by atoms with Crippen LogP contribution < -0.4 is 16.3 Å². The minimum absolute atomic E-state index is 0. The standard InChI is InChI=1S/C15H22N4O2.ClH/c1-3-18-12-7-4-5-8-13(12)19(15(18)21)11-14(20)17-10-6-9-16-2;/h4-5,7-8,16H,3,6,9-11H2,1-2H3,(H,17,20);1H. The normalized spacial score (nSPS) is 10.5. The Morgan fingerprint density at radius 3 is 2.36 bits per heavy atom. The summed E-state index contributed by atoms with van der Waals surface area (Å²) >= 11 is 0. The Balaban J connectivity index is 0.00000242. The maximum Gasteiger partial charge on any atom is 0.329 e. The first-order chi connectivity index (χ1) is 10.2. The number of aromatic nitrogens is 2. The lowest BCUT2D eigenvalue weighted by atomic mass is 10.3. The Kier molecular flexibility index (Phi) is 7.14. The first-order valence-corrected chi connectivity index (χ1v) is 7.28. The molecule has 0 aliphatic heterocycles. The lowest BCUT2D eigenvalue weighted by molar-refractivity contribution is -0.121. The van der Waals surface area contributed by atoms with E-state index < -0.39 is 0 Å². The van der Waals surface area contributed by atoms with Gasteiger partial charge in [0, 0.05) is 13.1 Å². The van der Waals surface area contributed by atoms with Gasteiger partial charge in [0.1, 0.15) is 6.54 Å². The first-order valence-electron chi connectivity index (χ1n) is 7.28. The van der Waals surface area contributed by atoms with Gasteiger partial charge >= 0.3 is 5.69 Å². The zero-order chi connectivity index (χ0) is 15.2. The molecule has 1 heterocycles. The van der Waals surface area contributed by atoms with Gasteiger partial charge in [-0.25, -0.2) is 4.79 Å². The van der Waals surface area contributed by atoms with E-state index in [-0.39, 0.29) is 30.5 Å². The van der Waals surface area contributed by atoms with Gasteiger partial charge in [-0.1, -0.05) is 12.1 Å². The second-order valence-electron chi connectivity index (χ2n) is 4.91. The minimum atomic E-state index is -0.135. The summed E-state index contributed by atoms with van der Waals surface area (Å²) < 4.78 is 3.22. The largest absolute Gasteiger partial charge is 0.354 e. The Hall–Kier alpha value is -1.79. The summed E-state index contributed by atoms with van der Waals surface area (Å²) in [6.07, 6.45) is 0.869. The Labute approximate surface area is 135 Å². The summed E-state index contributed by atoms with van der Waals surface area (Å²) in [5.74, 6) is -0.132. The number of fused-ring (bicyclic) bond motifs is 1. The number of benzene rings is 1. The summed E-state index contributed by atoms with van der Waals surface area (Å²) in [6, 6.07) is 7.55. The summed E-state index contributed by atoms with van der Waals surface area (Å²) in [4.78, 5) is 24.3. The van der Waals surface area contributed by atoms with E-state index in [4.69, 9.17) is 0 Å². The highest BCUT2D eigenvalue weighted by Gasteiger charge is 2.13. The third kappa shape index (κ3) is 3.90. The molecule has 7 heteroatoms. The number of hydrogen-bond acceptors (Lipinski definition) is 3. The number of nitrogens with zero attached hydrogens (tertiary/aromatic N) is 2. The van der Waals surface area contributed by atoms with Gasteiger partial charge in [-0.15, -0.1) is 12.4 Å². The molecule has 0 aliphatic carbocycles. The lowest BCUT2D eigenvalue weighted by Gasteiger charge is -2.06. The number of amides is 1. The van der Waals surface area contributed by atoms with Crippen LogP contribution in [0.2, 0.25) is 0 Å². The molecule has 0 spiro atoms. The van der Waals surface area contributed by atoms with Crippen LogP contribution in [0.1, 0.15) is 13.3 Å². The van der Waals surface area contributed by atoms with Gasteiger partial charge in [0.05, 0.1) is 11.0 Å². The molecule has 0 bridgehead atoms.